The Hall–Kier alpha value is -2.74. The molecular formula is C20H19ClN2O5. The number of benzene rings is 1. The maximum absolute atomic E-state index is 12.7. The van der Waals surface area contributed by atoms with E-state index in [1.807, 2.05) is 0 Å². The summed E-state index contributed by atoms with van der Waals surface area (Å²) in [6.07, 6.45) is 3.13. The number of nitrogens with zero attached hydrogens (tertiary/aromatic N) is 2. The van der Waals surface area contributed by atoms with Gasteiger partial charge in [0.25, 0.3) is 11.7 Å². The number of likely N-dealkylation sites (tertiary alicyclic amines) is 1. The van der Waals surface area contributed by atoms with Gasteiger partial charge in [0.05, 0.1) is 31.4 Å². The summed E-state index contributed by atoms with van der Waals surface area (Å²) in [5.74, 6) is -1.77. The number of aromatic nitrogens is 1. The number of hydrogen-bond acceptors (Lipinski definition) is 6. The number of Topliss-reactive ketones (excluding diaryl/α,β-unsaturated/α-hetero) is 1. The monoisotopic (exact) mass is 402 g/mol. The number of ether oxygens (including phenoxy) is 1. The third-order valence-electron chi connectivity index (χ3n) is 4.37. The first-order chi connectivity index (χ1) is 13.5. The maximum atomic E-state index is 12.7. The molecule has 0 saturated carbocycles. The average Bonchev–Trinajstić information content (AvgIpc) is 2.97. The Morgan fingerprint density at radius 2 is 1.93 bits per heavy atom. The number of carbonyl (C=O) groups is 2. The predicted molar refractivity (Wildman–Crippen MR) is 103 cm³/mol. The minimum atomic E-state index is -0.790. The smallest absolute Gasteiger partial charge is 0.295 e. The Kier molecular flexibility index (Phi) is 6.41. The van der Waals surface area contributed by atoms with Crippen LogP contribution in [0.4, 0.5) is 0 Å². The lowest BCUT2D eigenvalue weighted by Crippen LogP contribution is -2.33. The quantitative estimate of drug-likeness (QED) is 0.318. The van der Waals surface area contributed by atoms with Crippen LogP contribution in [0.15, 0.2) is 54.4 Å². The van der Waals surface area contributed by atoms with E-state index in [2.05, 4.69) is 4.98 Å². The first kappa shape index (κ1) is 20.0. The van der Waals surface area contributed by atoms with Crippen LogP contribution in [0.2, 0.25) is 5.02 Å². The van der Waals surface area contributed by atoms with Crippen LogP contribution >= 0.6 is 11.6 Å². The second-order valence-electron chi connectivity index (χ2n) is 6.12. The molecule has 3 rings (SSSR count). The lowest BCUT2D eigenvalue weighted by molar-refractivity contribution is -0.140. The zero-order chi connectivity index (χ0) is 20.1. The minimum absolute atomic E-state index is 0.0116. The number of aliphatic hydroxyl groups excluding tert-OH is 2. The van der Waals surface area contributed by atoms with Crippen molar-refractivity contribution < 1.29 is 24.5 Å². The van der Waals surface area contributed by atoms with E-state index in [0.717, 1.165) is 0 Å². The Morgan fingerprint density at radius 1 is 1.18 bits per heavy atom. The number of aliphatic hydroxyl groups is 2. The summed E-state index contributed by atoms with van der Waals surface area (Å²) >= 11 is 5.89. The highest BCUT2D eigenvalue weighted by atomic mass is 35.5. The van der Waals surface area contributed by atoms with E-state index in [1.165, 1.54) is 4.90 Å². The lowest BCUT2D eigenvalue weighted by atomic mass is 9.96. The standard InChI is InChI=1S/C20H19ClN2O5/c21-15-5-3-13(4-6-15)18(25)16-17(14-2-1-7-22-12-14)23(20(27)19(16)26)8-10-28-11-9-24/h1-7,12,17,24-25H,8-11H2/b18-16-. The summed E-state index contributed by atoms with van der Waals surface area (Å²) in [6, 6.07) is 8.98. The molecule has 2 aromatic rings. The first-order valence-corrected chi connectivity index (χ1v) is 9.05. The van der Waals surface area contributed by atoms with Crippen LogP contribution in [-0.2, 0) is 14.3 Å². The zero-order valence-electron chi connectivity index (χ0n) is 14.9. The van der Waals surface area contributed by atoms with Gasteiger partial charge in [-0.25, -0.2) is 0 Å². The minimum Gasteiger partial charge on any atom is -0.507 e. The van der Waals surface area contributed by atoms with E-state index >= 15 is 0 Å². The van der Waals surface area contributed by atoms with Crippen molar-refractivity contribution in [2.45, 2.75) is 6.04 Å². The predicted octanol–water partition coefficient (Wildman–Crippen LogP) is 2.17. The summed E-state index contributed by atoms with van der Waals surface area (Å²) in [6.45, 7) is 0.264. The molecule has 1 aromatic heterocycles. The molecule has 2 N–H and O–H groups in total. The van der Waals surface area contributed by atoms with Gasteiger partial charge >= 0.3 is 0 Å². The summed E-state index contributed by atoms with van der Waals surface area (Å²) in [5.41, 5.74) is 0.967. The van der Waals surface area contributed by atoms with Crippen molar-refractivity contribution in [3.8, 4) is 0 Å². The van der Waals surface area contributed by atoms with E-state index < -0.39 is 17.7 Å². The maximum Gasteiger partial charge on any atom is 0.295 e. The molecule has 0 aliphatic carbocycles. The summed E-state index contributed by atoms with van der Waals surface area (Å²) in [7, 11) is 0. The van der Waals surface area contributed by atoms with E-state index in [0.29, 0.717) is 16.1 Å². The second-order valence-corrected chi connectivity index (χ2v) is 6.56. The number of hydrogen-bond donors (Lipinski definition) is 2. The van der Waals surface area contributed by atoms with Crippen molar-refractivity contribution in [2.24, 2.45) is 0 Å². The molecule has 0 spiro atoms. The average molecular weight is 403 g/mol. The van der Waals surface area contributed by atoms with Crippen molar-refractivity contribution in [3.05, 3.63) is 70.5 Å². The largest absolute Gasteiger partial charge is 0.507 e. The molecule has 1 aromatic carbocycles. The van der Waals surface area contributed by atoms with Crippen molar-refractivity contribution in [3.63, 3.8) is 0 Å². The van der Waals surface area contributed by atoms with E-state index in [1.54, 1.807) is 48.8 Å². The number of carbonyl (C=O) groups excluding carboxylic acids is 2. The molecule has 1 aliphatic heterocycles. The van der Waals surface area contributed by atoms with Gasteiger partial charge in [-0.3, -0.25) is 14.6 Å². The van der Waals surface area contributed by atoms with Gasteiger partial charge in [-0.1, -0.05) is 17.7 Å². The van der Waals surface area contributed by atoms with Crippen LogP contribution < -0.4 is 0 Å². The van der Waals surface area contributed by atoms with Gasteiger partial charge < -0.3 is 19.8 Å². The van der Waals surface area contributed by atoms with E-state index in [9.17, 15) is 14.7 Å². The van der Waals surface area contributed by atoms with Crippen LogP contribution in [0.5, 0.6) is 0 Å². The Morgan fingerprint density at radius 3 is 2.57 bits per heavy atom. The lowest BCUT2D eigenvalue weighted by Gasteiger charge is -2.24. The van der Waals surface area contributed by atoms with Crippen LogP contribution in [0.25, 0.3) is 5.76 Å². The molecular weight excluding hydrogens is 384 g/mol. The highest BCUT2D eigenvalue weighted by molar-refractivity contribution is 6.46. The zero-order valence-corrected chi connectivity index (χ0v) is 15.7. The SMILES string of the molecule is O=C1C(=O)N(CCOCCO)C(c2cccnc2)/C1=C(/O)c1ccc(Cl)cc1. The van der Waals surface area contributed by atoms with Crippen molar-refractivity contribution in [2.75, 3.05) is 26.4 Å². The molecule has 1 atom stereocenters. The third kappa shape index (κ3) is 4.06. The van der Waals surface area contributed by atoms with Crippen LogP contribution in [0.1, 0.15) is 17.2 Å². The van der Waals surface area contributed by atoms with E-state index in [-0.39, 0.29) is 37.7 Å². The number of ketones is 1. The molecule has 0 radical (unpaired) electrons. The number of rotatable bonds is 7. The van der Waals surface area contributed by atoms with E-state index in [4.69, 9.17) is 21.4 Å². The number of halogens is 1. The van der Waals surface area contributed by atoms with Crippen molar-refractivity contribution in [1.82, 2.24) is 9.88 Å². The fraction of sp³-hybridized carbons (Fsp3) is 0.250. The van der Waals surface area contributed by atoms with Gasteiger partial charge in [0.1, 0.15) is 5.76 Å². The molecule has 28 heavy (non-hydrogen) atoms. The fourth-order valence-electron chi connectivity index (χ4n) is 3.09. The molecule has 1 aliphatic rings. The van der Waals surface area contributed by atoms with Gasteiger partial charge in [0.2, 0.25) is 0 Å². The molecule has 1 saturated heterocycles. The summed E-state index contributed by atoms with van der Waals surface area (Å²) in [4.78, 5) is 30.8. The molecule has 8 heteroatoms. The van der Waals surface area contributed by atoms with Crippen LogP contribution in [0, 0.1) is 0 Å². The number of amides is 1. The van der Waals surface area contributed by atoms with Gasteiger partial charge in [0.15, 0.2) is 0 Å². The van der Waals surface area contributed by atoms with Crippen molar-refractivity contribution in [1.29, 1.82) is 0 Å². The number of pyridine rings is 1. The third-order valence-corrected chi connectivity index (χ3v) is 4.62. The molecule has 146 valence electrons. The summed E-state index contributed by atoms with van der Waals surface area (Å²) in [5, 5.41) is 20.1. The highest BCUT2D eigenvalue weighted by Crippen LogP contribution is 2.38. The van der Waals surface area contributed by atoms with Gasteiger partial charge in [-0.2, -0.15) is 0 Å². The molecule has 1 amide bonds. The Bertz CT molecular complexity index is 883. The van der Waals surface area contributed by atoms with Crippen LogP contribution in [0.3, 0.4) is 0 Å². The Balaban J connectivity index is 2.03. The topological polar surface area (TPSA) is 100.0 Å². The molecule has 1 fully saturated rings. The van der Waals surface area contributed by atoms with Crippen molar-refractivity contribution >= 4 is 29.1 Å². The van der Waals surface area contributed by atoms with Gasteiger partial charge in [-0.15, -0.1) is 0 Å². The van der Waals surface area contributed by atoms with Gasteiger partial charge in [-0.05, 0) is 35.9 Å². The first-order valence-electron chi connectivity index (χ1n) is 8.67. The fourth-order valence-corrected chi connectivity index (χ4v) is 3.21. The molecule has 0 bridgehead atoms. The van der Waals surface area contributed by atoms with Crippen LogP contribution in [-0.4, -0.2) is 58.2 Å². The highest BCUT2D eigenvalue weighted by Gasteiger charge is 2.45. The normalized spacial score (nSPS) is 18.6. The summed E-state index contributed by atoms with van der Waals surface area (Å²) < 4.78 is 5.24. The molecule has 2 heterocycles. The second kappa shape index (κ2) is 8.97. The van der Waals surface area contributed by atoms with Gasteiger partial charge in [0, 0.05) is 29.5 Å². The molecule has 7 nitrogen and oxygen atoms in total. The molecule has 1 unspecified atom stereocenters. The Labute approximate surface area is 166 Å².